The van der Waals surface area contributed by atoms with Crippen molar-refractivity contribution in [3.63, 3.8) is 0 Å². The summed E-state index contributed by atoms with van der Waals surface area (Å²) in [6.45, 7) is 9.84. The number of aryl methyl sites for hydroxylation is 2. The molecule has 0 aliphatic heterocycles. The van der Waals surface area contributed by atoms with Gasteiger partial charge < -0.3 is 15.0 Å². The molecule has 0 fully saturated rings. The highest BCUT2D eigenvalue weighted by molar-refractivity contribution is 9.10. The highest BCUT2D eigenvalue weighted by Crippen LogP contribution is 2.31. The second-order valence-corrected chi connectivity index (χ2v) is 13.4. The van der Waals surface area contributed by atoms with Crippen LogP contribution in [0, 0.1) is 19.8 Å². The number of anilines is 1. The molecule has 0 radical (unpaired) electrons. The smallest absolute Gasteiger partial charge is 0.264 e. The van der Waals surface area contributed by atoms with E-state index in [1.54, 1.807) is 30.3 Å². The number of amides is 2. The summed E-state index contributed by atoms with van der Waals surface area (Å²) in [5.74, 6) is -0.0383. The van der Waals surface area contributed by atoms with Crippen LogP contribution in [-0.4, -0.2) is 51.4 Å². The minimum absolute atomic E-state index is 0.00416. The molecule has 0 aliphatic rings. The predicted octanol–water partition coefficient (Wildman–Crippen LogP) is 5.85. The molecule has 0 heterocycles. The zero-order valence-corrected chi connectivity index (χ0v) is 27.5. The van der Waals surface area contributed by atoms with E-state index in [0.717, 1.165) is 21.0 Å². The lowest BCUT2D eigenvalue weighted by Gasteiger charge is -2.33. The Hall–Kier alpha value is -3.37. The fourth-order valence-corrected chi connectivity index (χ4v) is 6.66. The Balaban J connectivity index is 2.07. The third-order valence-corrected chi connectivity index (χ3v) is 9.21. The Labute approximate surface area is 258 Å². The van der Waals surface area contributed by atoms with Gasteiger partial charge >= 0.3 is 0 Å². The summed E-state index contributed by atoms with van der Waals surface area (Å²) in [6, 6.07) is 18.3. The minimum atomic E-state index is -4.20. The predicted molar refractivity (Wildman–Crippen MR) is 170 cm³/mol. The van der Waals surface area contributed by atoms with Crippen LogP contribution in [0.5, 0.6) is 5.75 Å². The molecule has 226 valence electrons. The number of carbonyl (C=O) groups excluding carboxylic acids is 2. The van der Waals surface area contributed by atoms with Crippen molar-refractivity contribution >= 4 is 43.5 Å². The van der Waals surface area contributed by atoms with Crippen molar-refractivity contribution in [2.75, 3.05) is 24.5 Å². The van der Waals surface area contributed by atoms with E-state index in [2.05, 4.69) is 21.2 Å². The van der Waals surface area contributed by atoms with Crippen molar-refractivity contribution in [3.8, 4) is 5.75 Å². The first-order chi connectivity index (χ1) is 19.9. The van der Waals surface area contributed by atoms with Crippen LogP contribution in [0.15, 0.2) is 76.1 Å². The van der Waals surface area contributed by atoms with Gasteiger partial charge in [-0.2, -0.15) is 0 Å². The summed E-state index contributed by atoms with van der Waals surface area (Å²) in [7, 11) is -2.70. The average molecular weight is 659 g/mol. The number of hydrogen-bond donors (Lipinski definition) is 1. The van der Waals surface area contributed by atoms with Gasteiger partial charge in [-0.25, -0.2) is 8.42 Å². The molecule has 0 saturated heterocycles. The van der Waals surface area contributed by atoms with E-state index in [1.165, 1.54) is 24.1 Å². The van der Waals surface area contributed by atoms with Crippen molar-refractivity contribution in [2.45, 2.75) is 58.5 Å². The number of carbonyl (C=O) groups is 2. The number of nitrogens with one attached hydrogen (secondary N) is 1. The van der Waals surface area contributed by atoms with E-state index in [-0.39, 0.29) is 23.3 Å². The van der Waals surface area contributed by atoms with E-state index in [0.29, 0.717) is 28.9 Å². The molecule has 0 saturated carbocycles. The molecule has 8 nitrogen and oxygen atoms in total. The number of ether oxygens (including phenoxy) is 1. The largest absolute Gasteiger partial charge is 0.496 e. The fourth-order valence-electron chi connectivity index (χ4n) is 4.52. The molecule has 0 aromatic heterocycles. The second-order valence-electron chi connectivity index (χ2n) is 10.7. The zero-order chi connectivity index (χ0) is 31.0. The minimum Gasteiger partial charge on any atom is -0.496 e. The standard InChI is InChI=1S/C32H40BrN3O5S/c1-7-29(32(38)34-19-22(2)3)35(20-25-10-8-9-24(5)17-25)31(37)21-36(26-13-11-23(4)12-14-26)42(39,40)27-15-16-30(41-6)28(33)18-27/h8-18,22,29H,7,19-21H2,1-6H3,(H,34,38)/t29-/m0/s1. The summed E-state index contributed by atoms with van der Waals surface area (Å²) in [5, 5.41) is 2.95. The highest BCUT2D eigenvalue weighted by Gasteiger charge is 2.34. The van der Waals surface area contributed by atoms with Crippen LogP contribution in [0.3, 0.4) is 0 Å². The average Bonchev–Trinajstić information content (AvgIpc) is 2.95. The third-order valence-electron chi connectivity index (χ3n) is 6.82. The SMILES string of the molecule is CC[C@@H](C(=O)NCC(C)C)N(Cc1cccc(C)c1)C(=O)CN(c1ccc(C)cc1)S(=O)(=O)c1ccc(OC)c(Br)c1. The summed E-state index contributed by atoms with van der Waals surface area (Å²) in [6.07, 6.45) is 0.365. The Morgan fingerprint density at radius 3 is 2.24 bits per heavy atom. The number of hydrogen-bond acceptors (Lipinski definition) is 5. The Morgan fingerprint density at radius 1 is 0.976 bits per heavy atom. The maximum Gasteiger partial charge on any atom is 0.264 e. The number of halogens is 1. The van der Waals surface area contributed by atoms with E-state index >= 15 is 0 Å². The second kappa shape index (κ2) is 14.7. The van der Waals surface area contributed by atoms with Gasteiger partial charge in [-0.15, -0.1) is 0 Å². The Kier molecular flexibility index (Phi) is 11.6. The highest BCUT2D eigenvalue weighted by atomic mass is 79.9. The number of nitrogens with zero attached hydrogens (tertiary/aromatic N) is 2. The van der Waals surface area contributed by atoms with Gasteiger partial charge in [-0.3, -0.25) is 13.9 Å². The van der Waals surface area contributed by atoms with Gasteiger partial charge in [0, 0.05) is 13.1 Å². The van der Waals surface area contributed by atoms with Crippen molar-refractivity contribution < 1.29 is 22.7 Å². The van der Waals surface area contributed by atoms with Crippen LogP contribution in [0.25, 0.3) is 0 Å². The summed E-state index contributed by atoms with van der Waals surface area (Å²) in [5.41, 5.74) is 3.16. The molecule has 3 aromatic rings. The molecule has 0 bridgehead atoms. The van der Waals surface area contributed by atoms with Gasteiger partial charge in [-0.1, -0.05) is 68.3 Å². The number of rotatable bonds is 13. The fraction of sp³-hybridized carbons (Fsp3) is 0.375. The first-order valence-corrected chi connectivity index (χ1v) is 16.2. The number of sulfonamides is 1. The zero-order valence-electron chi connectivity index (χ0n) is 25.1. The molecule has 0 aliphatic carbocycles. The molecular weight excluding hydrogens is 618 g/mol. The summed E-state index contributed by atoms with van der Waals surface area (Å²) in [4.78, 5) is 29.0. The molecule has 0 unspecified atom stereocenters. The Bertz CT molecular complexity index is 1490. The van der Waals surface area contributed by atoms with E-state index < -0.39 is 28.5 Å². The van der Waals surface area contributed by atoms with Gasteiger partial charge in [0.1, 0.15) is 18.3 Å². The van der Waals surface area contributed by atoms with E-state index in [9.17, 15) is 18.0 Å². The lowest BCUT2D eigenvalue weighted by molar-refractivity contribution is -0.140. The van der Waals surface area contributed by atoms with Crippen molar-refractivity contribution in [1.29, 1.82) is 0 Å². The number of benzene rings is 3. The number of methoxy groups -OCH3 is 1. The monoisotopic (exact) mass is 657 g/mol. The van der Waals surface area contributed by atoms with E-state index in [4.69, 9.17) is 4.74 Å². The topological polar surface area (TPSA) is 96.0 Å². The normalized spacial score (nSPS) is 12.1. The van der Waals surface area contributed by atoms with Crippen molar-refractivity contribution in [3.05, 3.63) is 87.9 Å². The molecule has 0 spiro atoms. The molecule has 10 heteroatoms. The molecule has 1 atom stereocenters. The van der Waals surface area contributed by atoms with Gasteiger partial charge in [0.2, 0.25) is 11.8 Å². The van der Waals surface area contributed by atoms with Crippen LogP contribution in [0.1, 0.15) is 43.9 Å². The molecule has 3 rings (SSSR count). The van der Waals surface area contributed by atoms with Gasteiger partial charge in [0.05, 0.1) is 22.2 Å². The van der Waals surface area contributed by atoms with Crippen LogP contribution in [0.4, 0.5) is 5.69 Å². The van der Waals surface area contributed by atoms with Crippen LogP contribution in [-0.2, 0) is 26.2 Å². The van der Waals surface area contributed by atoms with E-state index in [1.807, 2.05) is 58.9 Å². The van der Waals surface area contributed by atoms with Gasteiger partial charge in [-0.05, 0) is 78.0 Å². The molecule has 1 N–H and O–H groups in total. The first-order valence-electron chi connectivity index (χ1n) is 13.9. The molecule has 2 amide bonds. The summed E-state index contributed by atoms with van der Waals surface area (Å²) >= 11 is 3.37. The molecule has 3 aromatic carbocycles. The van der Waals surface area contributed by atoms with Gasteiger partial charge in [0.15, 0.2) is 0 Å². The lowest BCUT2D eigenvalue weighted by atomic mass is 10.1. The van der Waals surface area contributed by atoms with Crippen molar-refractivity contribution in [1.82, 2.24) is 10.2 Å². The van der Waals surface area contributed by atoms with Crippen molar-refractivity contribution in [2.24, 2.45) is 5.92 Å². The summed E-state index contributed by atoms with van der Waals surface area (Å²) < 4.78 is 35.0. The molecule has 42 heavy (non-hydrogen) atoms. The lowest BCUT2D eigenvalue weighted by Crippen LogP contribution is -2.52. The van der Waals surface area contributed by atoms with Crippen LogP contribution >= 0.6 is 15.9 Å². The maximum atomic E-state index is 14.2. The maximum absolute atomic E-state index is 14.2. The van der Waals surface area contributed by atoms with Crippen LogP contribution < -0.4 is 14.4 Å². The quantitative estimate of drug-likeness (QED) is 0.249. The molecular formula is C32H40BrN3O5S. The van der Waals surface area contributed by atoms with Crippen LogP contribution in [0.2, 0.25) is 0 Å². The third kappa shape index (κ3) is 8.35. The first kappa shape index (κ1) is 33.1. The van der Waals surface area contributed by atoms with Gasteiger partial charge in [0.25, 0.3) is 10.0 Å². The Morgan fingerprint density at radius 2 is 1.67 bits per heavy atom.